The molecule has 0 aliphatic rings. The van der Waals surface area contributed by atoms with Crippen LogP contribution < -0.4 is 15.4 Å². The second kappa shape index (κ2) is 14.1. The van der Waals surface area contributed by atoms with Crippen molar-refractivity contribution in [2.24, 2.45) is 4.99 Å². The van der Waals surface area contributed by atoms with E-state index in [0.29, 0.717) is 24.1 Å². The molecule has 2 N–H and O–H groups in total. The molecule has 0 saturated heterocycles. The van der Waals surface area contributed by atoms with Crippen molar-refractivity contribution < 1.29 is 13.9 Å². The van der Waals surface area contributed by atoms with Crippen LogP contribution in [0.25, 0.3) is 0 Å². The summed E-state index contributed by atoms with van der Waals surface area (Å²) in [6, 6.07) is 9.73. The zero-order valence-corrected chi connectivity index (χ0v) is 18.6. The predicted molar refractivity (Wildman–Crippen MR) is 120 cm³/mol. The molecule has 1 aromatic carbocycles. The van der Waals surface area contributed by atoms with Crippen LogP contribution in [-0.2, 0) is 11.3 Å². The van der Waals surface area contributed by atoms with Gasteiger partial charge in [-0.2, -0.15) is 0 Å². The van der Waals surface area contributed by atoms with Crippen LogP contribution in [0.5, 0.6) is 11.6 Å². The molecular formula is C20H28FIN4O2. The summed E-state index contributed by atoms with van der Waals surface area (Å²) in [6.07, 6.45) is 3.65. The van der Waals surface area contributed by atoms with Crippen molar-refractivity contribution in [1.29, 1.82) is 0 Å². The monoisotopic (exact) mass is 502 g/mol. The Labute approximate surface area is 183 Å². The van der Waals surface area contributed by atoms with Gasteiger partial charge in [-0.3, -0.25) is 4.99 Å². The summed E-state index contributed by atoms with van der Waals surface area (Å²) in [5.74, 6) is 1.19. The van der Waals surface area contributed by atoms with Gasteiger partial charge < -0.3 is 20.1 Å². The quantitative estimate of drug-likeness (QED) is 0.222. The summed E-state index contributed by atoms with van der Waals surface area (Å²) in [7, 11) is 1.73. The van der Waals surface area contributed by atoms with Crippen LogP contribution in [-0.4, -0.2) is 37.7 Å². The summed E-state index contributed by atoms with van der Waals surface area (Å²) in [4.78, 5) is 8.47. The van der Waals surface area contributed by atoms with Crippen LogP contribution in [0.3, 0.4) is 0 Å². The number of guanidine groups is 1. The number of halogens is 2. The number of nitrogens with zero attached hydrogens (tertiary/aromatic N) is 2. The molecule has 0 radical (unpaired) electrons. The third kappa shape index (κ3) is 8.83. The summed E-state index contributed by atoms with van der Waals surface area (Å²) in [5, 5.41) is 6.50. The smallest absolute Gasteiger partial charge is 0.224 e. The number of rotatable bonds is 10. The molecule has 0 bridgehead atoms. The number of unbranched alkanes of at least 4 members (excludes halogenated alkanes) is 1. The van der Waals surface area contributed by atoms with E-state index in [2.05, 4.69) is 20.6 Å². The van der Waals surface area contributed by atoms with Gasteiger partial charge in [0.15, 0.2) is 5.96 Å². The van der Waals surface area contributed by atoms with Crippen molar-refractivity contribution in [2.75, 3.05) is 26.8 Å². The molecule has 0 amide bonds. The fraction of sp³-hybridized carbons (Fsp3) is 0.400. The molecule has 154 valence electrons. The van der Waals surface area contributed by atoms with Gasteiger partial charge in [0.25, 0.3) is 0 Å². The van der Waals surface area contributed by atoms with Gasteiger partial charge >= 0.3 is 0 Å². The average molecular weight is 502 g/mol. The van der Waals surface area contributed by atoms with Gasteiger partial charge in [-0.15, -0.1) is 24.0 Å². The average Bonchev–Trinajstić information content (AvgIpc) is 2.68. The molecule has 0 unspecified atom stereocenters. The highest BCUT2D eigenvalue weighted by Gasteiger charge is 2.08. The first kappa shape index (κ1) is 24.1. The van der Waals surface area contributed by atoms with Gasteiger partial charge in [0, 0.05) is 51.2 Å². The highest BCUT2D eigenvalue weighted by atomic mass is 127. The van der Waals surface area contributed by atoms with Crippen molar-refractivity contribution in [3.05, 3.63) is 54.0 Å². The van der Waals surface area contributed by atoms with Gasteiger partial charge in [-0.05, 0) is 38.0 Å². The minimum absolute atomic E-state index is 0. The SMILES string of the molecule is CCOCCCCNC(=NC)NCc1cccnc1Oc1cccc(F)c1.I. The van der Waals surface area contributed by atoms with Crippen molar-refractivity contribution in [2.45, 2.75) is 26.3 Å². The van der Waals surface area contributed by atoms with Crippen LogP contribution >= 0.6 is 24.0 Å². The Morgan fingerprint density at radius 1 is 1.18 bits per heavy atom. The largest absolute Gasteiger partial charge is 0.439 e. The van der Waals surface area contributed by atoms with Gasteiger partial charge in [0.2, 0.25) is 5.88 Å². The molecule has 2 aromatic rings. The highest BCUT2D eigenvalue weighted by molar-refractivity contribution is 14.0. The Morgan fingerprint density at radius 2 is 2.04 bits per heavy atom. The fourth-order valence-corrected chi connectivity index (χ4v) is 2.37. The van der Waals surface area contributed by atoms with Crippen LogP contribution in [0.4, 0.5) is 4.39 Å². The molecule has 0 atom stereocenters. The maximum Gasteiger partial charge on any atom is 0.224 e. The number of aromatic nitrogens is 1. The molecule has 0 spiro atoms. The number of aliphatic imine (C=N–C) groups is 1. The second-order valence-corrected chi connectivity index (χ2v) is 5.78. The topological polar surface area (TPSA) is 67.8 Å². The lowest BCUT2D eigenvalue weighted by Crippen LogP contribution is -2.37. The van der Waals surface area contributed by atoms with E-state index < -0.39 is 0 Å². The third-order valence-corrected chi connectivity index (χ3v) is 3.74. The molecule has 6 nitrogen and oxygen atoms in total. The van der Waals surface area contributed by atoms with Crippen molar-refractivity contribution in [3.8, 4) is 11.6 Å². The second-order valence-electron chi connectivity index (χ2n) is 5.78. The molecule has 0 fully saturated rings. The van der Waals surface area contributed by atoms with E-state index in [1.165, 1.54) is 12.1 Å². The normalized spacial score (nSPS) is 10.9. The molecule has 2 rings (SSSR count). The Balaban J connectivity index is 0.00000392. The van der Waals surface area contributed by atoms with E-state index in [9.17, 15) is 4.39 Å². The maximum absolute atomic E-state index is 13.3. The molecule has 8 heteroatoms. The lowest BCUT2D eigenvalue weighted by Gasteiger charge is -2.14. The summed E-state index contributed by atoms with van der Waals surface area (Å²) in [5.41, 5.74) is 0.848. The standard InChI is InChI=1S/C20H27FN4O2.HI/c1-3-26-13-5-4-11-24-20(22-2)25-15-16-8-7-12-23-19(16)27-18-10-6-9-17(21)14-18;/h6-10,12,14H,3-5,11,13,15H2,1-2H3,(H2,22,24,25);1H. The number of pyridine rings is 1. The zero-order valence-electron chi connectivity index (χ0n) is 16.3. The van der Waals surface area contributed by atoms with Gasteiger partial charge in [-0.25, -0.2) is 9.37 Å². The number of ether oxygens (including phenoxy) is 2. The molecule has 0 aliphatic heterocycles. The van der Waals surface area contributed by atoms with E-state index in [1.807, 2.05) is 19.1 Å². The van der Waals surface area contributed by atoms with Crippen molar-refractivity contribution in [1.82, 2.24) is 15.6 Å². The predicted octanol–water partition coefficient (Wildman–Crippen LogP) is 4.11. The fourth-order valence-electron chi connectivity index (χ4n) is 2.37. The minimum atomic E-state index is -0.350. The first-order valence-corrected chi connectivity index (χ1v) is 9.12. The van der Waals surface area contributed by atoms with Gasteiger partial charge in [-0.1, -0.05) is 12.1 Å². The Hall–Kier alpha value is -1.94. The van der Waals surface area contributed by atoms with E-state index in [1.54, 1.807) is 25.4 Å². The first-order chi connectivity index (χ1) is 13.2. The molecule has 1 aromatic heterocycles. The zero-order chi connectivity index (χ0) is 19.3. The van der Waals surface area contributed by atoms with E-state index in [-0.39, 0.29) is 29.8 Å². The van der Waals surface area contributed by atoms with Gasteiger partial charge in [0.1, 0.15) is 11.6 Å². The molecular weight excluding hydrogens is 474 g/mol. The molecule has 28 heavy (non-hydrogen) atoms. The number of hydrogen-bond donors (Lipinski definition) is 2. The third-order valence-electron chi connectivity index (χ3n) is 3.74. The summed E-state index contributed by atoms with van der Waals surface area (Å²) < 4.78 is 24.4. The van der Waals surface area contributed by atoms with E-state index >= 15 is 0 Å². The summed E-state index contributed by atoms with van der Waals surface area (Å²) in [6.45, 7) is 4.82. The number of nitrogens with one attached hydrogen (secondary N) is 2. The van der Waals surface area contributed by atoms with Crippen LogP contribution in [0.2, 0.25) is 0 Å². The van der Waals surface area contributed by atoms with E-state index in [4.69, 9.17) is 9.47 Å². The minimum Gasteiger partial charge on any atom is -0.439 e. The van der Waals surface area contributed by atoms with Crippen LogP contribution in [0, 0.1) is 5.82 Å². The first-order valence-electron chi connectivity index (χ1n) is 9.12. The number of hydrogen-bond acceptors (Lipinski definition) is 4. The Bertz CT molecular complexity index is 731. The number of benzene rings is 1. The lowest BCUT2D eigenvalue weighted by molar-refractivity contribution is 0.143. The van der Waals surface area contributed by atoms with Crippen molar-refractivity contribution >= 4 is 29.9 Å². The van der Waals surface area contributed by atoms with Crippen LogP contribution in [0.1, 0.15) is 25.3 Å². The van der Waals surface area contributed by atoms with E-state index in [0.717, 1.165) is 38.2 Å². The maximum atomic E-state index is 13.3. The lowest BCUT2D eigenvalue weighted by atomic mass is 10.2. The molecule has 0 aliphatic carbocycles. The molecule has 0 saturated carbocycles. The van der Waals surface area contributed by atoms with Crippen LogP contribution in [0.15, 0.2) is 47.6 Å². The summed E-state index contributed by atoms with van der Waals surface area (Å²) >= 11 is 0. The Kier molecular flexibility index (Phi) is 12.1. The van der Waals surface area contributed by atoms with Gasteiger partial charge in [0.05, 0.1) is 0 Å². The Morgan fingerprint density at radius 3 is 2.79 bits per heavy atom. The highest BCUT2D eigenvalue weighted by Crippen LogP contribution is 2.23. The van der Waals surface area contributed by atoms with Crippen molar-refractivity contribution in [3.63, 3.8) is 0 Å². The molecule has 1 heterocycles.